The van der Waals surface area contributed by atoms with Gasteiger partial charge in [-0.2, -0.15) is 0 Å². The smallest absolute Gasteiger partial charge is 0.337 e. The summed E-state index contributed by atoms with van der Waals surface area (Å²) in [4.78, 5) is 47.9. The summed E-state index contributed by atoms with van der Waals surface area (Å²) in [5.41, 5.74) is 1.67. The van der Waals surface area contributed by atoms with Crippen molar-refractivity contribution < 1.29 is 28.7 Å². The Morgan fingerprint density at radius 1 is 1.25 bits per heavy atom. The second kappa shape index (κ2) is 9.54. The number of esters is 2. The van der Waals surface area contributed by atoms with Gasteiger partial charge in [0.1, 0.15) is 12.6 Å². The second-order valence-electron chi connectivity index (χ2n) is 6.16. The third-order valence-electron chi connectivity index (χ3n) is 3.92. The Morgan fingerprint density at radius 3 is 2.68 bits per heavy atom. The van der Waals surface area contributed by atoms with Gasteiger partial charge in [0, 0.05) is 5.56 Å². The van der Waals surface area contributed by atoms with E-state index in [1.165, 1.54) is 6.92 Å². The lowest BCUT2D eigenvalue weighted by atomic mass is 10.1. The van der Waals surface area contributed by atoms with E-state index in [2.05, 4.69) is 16.0 Å². The molecule has 1 atom stereocenters. The van der Waals surface area contributed by atoms with Gasteiger partial charge >= 0.3 is 18.0 Å². The maximum Gasteiger partial charge on any atom is 0.337 e. The molecule has 0 fully saturated rings. The first kappa shape index (κ1) is 20.9. The van der Waals surface area contributed by atoms with Gasteiger partial charge in [0.15, 0.2) is 0 Å². The maximum atomic E-state index is 12.2. The topological polar surface area (TPSA) is 123 Å². The van der Waals surface area contributed by atoms with Crippen LogP contribution in [0.4, 0.5) is 4.79 Å². The van der Waals surface area contributed by atoms with Crippen molar-refractivity contribution in [2.45, 2.75) is 26.8 Å². The van der Waals surface area contributed by atoms with Crippen molar-refractivity contribution in [3.63, 3.8) is 0 Å². The Hall–Kier alpha value is -3.36. The Labute approximate surface area is 162 Å². The summed E-state index contributed by atoms with van der Waals surface area (Å²) in [6, 6.07) is 5.51. The lowest BCUT2D eigenvalue weighted by Crippen LogP contribution is -2.46. The summed E-state index contributed by atoms with van der Waals surface area (Å²) in [7, 11) is 0. The largest absolute Gasteiger partial charge is 0.463 e. The Balaban J connectivity index is 1.97. The predicted octanol–water partition coefficient (Wildman–Crippen LogP) is 0.787. The summed E-state index contributed by atoms with van der Waals surface area (Å²) >= 11 is 0. The van der Waals surface area contributed by atoms with Crippen molar-refractivity contribution in [2.75, 3.05) is 19.8 Å². The molecule has 9 nitrogen and oxygen atoms in total. The fourth-order valence-corrected chi connectivity index (χ4v) is 2.46. The van der Waals surface area contributed by atoms with Gasteiger partial charge in [-0.1, -0.05) is 17.7 Å². The lowest BCUT2D eigenvalue weighted by Gasteiger charge is -2.21. The minimum atomic E-state index is -0.919. The molecule has 0 spiro atoms. The summed E-state index contributed by atoms with van der Waals surface area (Å²) in [6.07, 6.45) is 0. The van der Waals surface area contributed by atoms with E-state index in [-0.39, 0.29) is 31.0 Å². The molecule has 1 aliphatic rings. The third kappa shape index (κ3) is 5.57. The number of aryl methyl sites for hydroxylation is 1. The number of hydrogen-bond acceptors (Lipinski definition) is 6. The number of nitrogens with one attached hydrogen (secondary N) is 3. The second-order valence-corrected chi connectivity index (χ2v) is 6.16. The van der Waals surface area contributed by atoms with Crippen LogP contribution in [0.25, 0.3) is 0 Å². The normalized spacial score (nSPS) is 14.5. The lowest BCUT2D eigenvalue weighted by molar-refractivity contribution is -0.145. The highest BCUT2D eigenvalue weighted by molar-refractivity contribution is 5.97. The van der Waals surface area contributed by atoms with Gasteiger partial charge in [-0.25, -0.2) is 14.4 Å². The molecule has 1 aliphatic heterocycles. The van der Waals surface area contributed by atoms with Crippen LogP contribution in [0, 0.1) is 6.92 Å². The third-order valence-corrected chi connectivity index (χ3v) is 3.92. The van der Waals surface area contributed by atoms with Crippen molar-refractivity contribution in [3.05, 3.63) is 46.7 Å². The number of urea groups is 1. The first-order valence-electron chi connectivity index (χ1n) is 8.80. The molecule has 3 N–H and O–H groups in total. The van der Waals surface area contributed by atoms with Crippen LogP contribution in [0.5, 0.6) is 0 Å². The van der Waals surface area contributed by atoms with Gasteiger partial charge in [0.2, 0.25) is 0 Å². The van der Waals surface area contributed by atoms with E-state index in [0.717, 1.165) is 5.56 Å². The molecule has 0 saturated carbocycles. The van der Waals surface area contributed by atoms with Crippen LogP contribution < -0.4 is 16.0 Å². The van der Waals surface area contributed by atoms with Gasteiger partial charge in [-0.3, -0.25) is 4.79 Å². The molecule has 1 aromatic carbocycles. The van der Waals surface area contributed by atoms with E-state index >= 15 is 0 Å². The van der Waals surface area contributed by atoms with Gasteiger partial charge in [0.25, 0.3) is 5.91 Å². The number of hydrogen-bond donors (Lipinski definition) is 3. The van der Waals surface area contributed by atoms with Gasteiger partial charge in [-0.15, -0.1) is 0 Å². The van der Waals surface area contributed by atoms with Gasteiger partial charge in [0.05, 0.1) is 24.4 Å². The first-order chi connectivity index (χ1) is 13.3. The zero-order chi connectivity index (χ0) is 20.7. The SMILES string of the molecule is CCOC(=O)C1=C(COC(=O)C(C)NC(=O)c2cccc(C)c2)NC(=O)NC1. The molecule has 0 aromatic heterocycles. The molecule has 9 heteroatoms. The molecular weight excluding hydrogens is 366 g/mol. The molecule has 0 radical (unpaired) electrons. The van der Waals surface area contributed by atoms with Crippen LogP contribution in [0.2, 0.25) is 0 Å². The number of benzene rings is 1. The minimum absolute atomic E-state index is 0.0306. The fourth-order valence-electron chi connectivity index (χ4n) is 2.46. The molecule has 1 aromatic rings. The average Bonchev–Trinajstić information content (AvgIpc) is 2.66. The van der Waals surface area contributed by atoms with E-state index in [0.29, 0.717) is 5.56 Å². The molecule has 1 unspecified atom stereocenters. The van der Waals surface area contributed by atoms with Crippen molar-refractivity contribution in [1.82, 2.24) is 16.0 Å². The van der Waals surface area contributed by atoms with Crippen LogP contribution in [0.3, 0.4) is 0 Å². The number of carbonyl (C=O) groups is 4. The highest BCUT2D eigenvalue weighted by Gasteiger charge is 2.25. The monoisotopic (exact) mass is 389 g/mol. The standard InChI is InChI=1S/C19H23N3O6/c1-4-27-18(25)14-9-20-19(26)22-15(14)10-28-17(24)12(3)21-16(23)13-7-5-6-11(2)8-13/h5-8,12H,4,9-10H2,1-3H3,(H,21,23)(H2,20,22,26). The Bertz CT molecular complexity index is 818. The average molecular weight is 389 g/mol. The van der Waals surface area contributed by atoms with Crippen LogP contribution in [-0.4, -0.2) is 49.7 Å². The van der Waals surface area contributed by atoms with Crippen LogP contribution in [0.1, 0.15) is 29.8 Å². The molecule has 2 rings (SSSR count). The van der Waals surface area contributed by atoms with E-state index in [1.807, 2.05) is 13.0 Å². The molecular formula is C19H23N3O6. The van der Waals surface area contributed by atoms with Crippen molar-refractivity contribution in [3.8, 4) is 0 Å². The summed E-state index contributed by atoms with van der Waals surface area (Å²) in [5, 5.41) is 7.44. The number of carbonyl (C=O) groups excluding carboxylic acids is 4. The summed E-state index contributed by atoms with van der Waals surface area (Å²) in [6.45, 7) is 4.81. The number of rotatable bonds is 7. The number of amides is 3. The van der Waals surface area contributed by atoms with Crippen molar-refractivity contribution in [2.24, 2.45) is 0 Å². The Kier molecular flexibility index (Phi) is 7.14. The zero-order valence-corrected chi connectivity index (χ0v) is 16.0. The minimum Gasteiger partial charge on any atom is -0.463 e. The summed E-state index contributed by atoms with van der Waals surface area (Å²) in [5.74, 6) is -1.72. The maximum absolute atomic E-state index is 12.2. The number of ether oxygens (including phenoxy) is 2. The molecule has 0 aliphatic carbocycles. The van der Waals surface area contributed by atoms with Gasteiger partial charge < -0.3 is 25.4 Å². The van der Waals surface area contributed by atoms with E-state index < -0.39 is 29.9 Å². The van der Waals surface area contributed by atoms with Crippen LogP contribution >= 0.6 is 0 Å². The van der Waals surface area contributed by atoms with Crippen molar-refractivity contribution in [1.29, 1.82) is 0 Å². The molecule has 1 heterocycles. The van der Waals surface area contributed by atoms with E-state index in [9.17, 15) is 19.2 Å². The molecule has 150 valence electrons. The van der Waals surface area contributed by atoms with Crippen LogP contribution in [0.15, 0.2) is 35.5 Å². The quantitative estimate of drug-likeness (QED) is 0.593. The van der Waals surface area contributed by atoms with Crippen molar-refractivity contribution >= 4 is 23.9 Å². The van der Waals surface area contributed by atoms with E-state index in [4.69, 9.17) is 9.47 Å². The van der Waals surface area contributed by atoms with Crippen LogP contribution in [-0.2, 0) is 19.1 Å². The predicted molar refractivity (Wildman–Crippen MR) is 99.3 cm³/mol. The first-order valence-corrected chi connectivity index (χ1v) is 8.80. The molecule has 3 amide bonds. The molecule has 0 bridgehead atoms. The Morgan fingerprint density at radius 2 is 2.00 bits per heavy atom. The molecule has 28 heavy (non-hydrogen) atoms. The summed E-state index contributed by atoms with van der Waals surface area (Å²) < 4.78 is 10.1. The molecule has 0 saturated heterocycles. The fraction of sp³-hybridized carbons (Fsp3) is 0.368. The van der Waals surface area contributed by atoms with E-state index in [1.54, 1.807) is 25.1 Å². The highest BCUT2D eigenvalue weighted by Crippen LogP contribution is 2.09. The van der Waals surface area contributed by atoms with Gasteiger partial charge in [-0.05, 0) is 32.9 Å². The zero-order valence-electron chi connectivity index (χ0n) is 16.0. The highest BCUT2D eigenvalue weighted by atomic mass is 16.5.